The van der Waals surface area contributed by atoms with Gasteiger partial charge in [-0.1, -0.05) is 29.3 Å². The quantitative estimate of drug-likeness (QED) is 0.103. The molecule has 2 amide bonds. The van der Waals surface area contributed by atoms with E-state index in [-0.39, 0.29) is 59.1 Å². The number of Topliss-reactive ketones (excluding diaryl/α,β-unsaturated/α-hetero) is 1. The Bertz CT molecular complexity index is 1750. The molecule has 3 aromatic rings. The van der Waals surface area contributed by atoms with E-state index in [1.165, 1.54) is 4.68 Å². The Morgan fingerprint density at radius 1 is 1.26 bits per heavy atom. The average Bonchev–Trinajstić information content (AvgIpc) is 3.33. The van der Waals surface area contributed by atoms with Crippen molar-refractivity contribution in [2.24, 2.45) is 17.6 Å². The number of halogens is 1. The molecule has 0 bridgehead atoms. The maximum atomic E-state index is 15.4. The van der Waals surface area contributed by atoms with Crippen molar-refractivity contribution in [2.45, 2.75) is 32.7 Å². The predicted molar refractivity (Wildman–Crippen MR) is 159 cm³/mol. The van der Waals surface area contributed by atoms with Crippen molar-refractivity contribution in [2.75, 3.05) is 26.0 Å². The SMILES string of the molecule is [CH-]=C(/C(C(N)=O)=C(/O)CN(C)C)C1CCC2Cc3c(F)cc(NC(=O)Cn4ncc5ccccc54)c(O)c3C(=O)C2=C1C. The van der Waals surface area contributed by atoms with Crippen LogP contribution < -0.4 is 11.1 Å². The van der Waals surface area contributed by atoms with E-state index < -0.39 is 35.1 Å². The summed E-state index contributed by atoms with van der Waals surface area (Å²) in [5, 5.41) is 29.3. The first-order valence-electron chi connectivity index (χ1n) is 13.9. The Hall–Kier alpha value is -4.77. The summed E-state index contributed by atoms with van der Waals surface area (Å²) in [4.78, 5) is 40.7. The maximum Gasteiger partial charge on any atom is 0.246 e. The lowest BCUT2D eigenvalue weighted by atomic mass is 9.66. The summed E-state index contributed by atoms with van der Waals surface area (Å²) in [6.45, 7) is 7.96. The number of rotatable bonds is 8. The van der Waals surface area contributed by atoms with E-state index in [1.54, 1.807) is 32.1 Å². The summed E-state index contributed by atoms with van der Waals surface area (Å²) in [5.41, 5.74) is 6.73. The van der Waals surface area contributed by atoms with Gasteiger partial charge in [-0.2, -0.15) is 5.10 Å². The van der Waals surface area contributed by atoms with E-state index in [0.717, 1.165) is 17.0 Å². The van der Waals surface area contributed by atoms with Gasteiger partial charge in [-0.15, -0.1) is 0 Å². The second-order valence-corrected chi connectivity index (χ2v) is 11.4. The van der Waals surface area contributed by atoms with E-state index in [4.69, 9.17) is 12.3 Å². The first kappa shape index (κ1) is 29.7. The number of likely N-dealkylation sites (N-methyl/N-ethyl adjacent to an activating group) is 1. The molecule has 2 aliphatic carbocycles. The van der Waals surface area contributed by atoms with Gasteiger partial charge < -0.3 is 26.2 Å². The minimum absolute atomic E-state index is 0.0362. The van der Waals surface area contributed by atoms with Crippen molar-refractivity contribution in [3.63, 3.8) is 0 Å². The van der Waals surface area contributed by atoms with Crippen molar-refractivity contribution in [1.29, 1.82) is 0 Å². The van der Waals surface area contributed by atoms with Crippen LogP contribution in [0, 0.1) is 24.2 Å². The van der Waals surface area contributed by atoms with Gasteiger partial charge in [0.15, 0.2) is 17.4 Å². The molecule has 1 heterocycles. The van der Waals surface area contributed by atoms with Gasteiger partial charge in [0.25, 0.3) is 0 Å². The molecule has 2 unspecified atom stereocenters. The van der Waals surface area contributed by atoms with Gasteiger partial charge in [0.2, 0.25) is 5.91 Å². The predicted octanol–water partition coefficient (Wildman–Crippen LogP) is 3.82. The summed E-state index contributed by atoms with van der Waals surface area (Å²) in [5.74, 6) is -4.46. The summed E-state index contributed by atoms with van der Waals surface area (Å²) >= 11 is 0. The number of para-hydroxylation sites is 1. The molecule has 11 heteroatoms. The Balaban J connectivity index is 1.46. The number of nitrogens with zero attached hydrogens (tertiary/aromatic N) is 3. The van der Waals surface area contributed by atoms with Gasteiger partial charge >= 0.3 is 0 Å². The van der Waals surface area contributed by atoms with Crippen molar-refractivity contribution in [3.05, 3.63) is 88.1 Å². The molecular formula is C32H33FN5O5-. The number of fused-ring (bicyclic) bond motifs is 3. The summed E-state index contributed by atoms with van der Waals surface area (Å²) in [6.07, 6.45) is 2.69. The standard InChI is InChI=1S/C32H33FN5O5/c1-16-20(17(2)28(32(34)43)25(39)14-37(3)4)10-9-18-11-21-22(33)12-23(30(41)29(21)31(42)27(16)18)36-26(40)15-38-24-8-6-5-7-19(24)13-35-38/h2,5-8,12-13,18,20,39,41H,9-11,14-15H2,1,3-4H3,(H2,34,43)(H,36,40)/q-1/b28-25-. The number of hydrogen-bond acceptors (Lipinski definition) is 7. The van der Waals surface area contributed by atoms with Gasteiger partial charge in [-0.25, -0.2) is 9.96 Å². The van der Waals surface area contributed by atoms with Crippen molar-refractivity contribution >= 4 is 34.2 Å². The maximum absolute atomic E-state index is 15.4. The monoisotopic (exact) mass is 586 g/mol. The Morgan fingerprint density at radius 2 is 1.98 bits per heavy atom. The first-order valence-corrected chi connectivity index (χ1v) is 13.9. The zero-order chi connectivity index (χ0) is 31.2. The van der Waals surface area contributed by atoms with E-state index in [1.807, 2.05) is 24.3 Å². The molecule has 2 aliphatic rings. The highest BCUT2D eigenvalue weighted by atomic mass is 19.1. The second kappa shape index (κ2) is 11.5. The van der Waals surface area contributed by atoms with Crippen LogP contribution in [-0.2, 0) is 22.6 Å². The van der Waals surface area contributed by atoms with Crippen LogP contribution in [0.4, 0.5) is 10.1 Å². The summed E-state index contributed by atoms with van der Waals surface area (Å²) in [6, 6.07) is 8.36. The molecular weight excluding hydrogens is 553 g/mol. The number of nitrogens with two attached hydrogens (primary N) is 1. The minimum atomic E-state index is -0.889. The van der Waals surface area contributed by atoms with Gasteiger partial charge in [-0.3, -0.25) is 25.6 Å². The van der Waals surface area contributed by atoms with E-state index in [0.29, 0.717) is 24.0 Å². The highest BCUT2D eigenvalue weighted by Crippen LogP contribution is 2.48. The van der Waals surface area contributed by atoms with E-state index >= 15 is 4.39 Å². The van der Waals surface area contributed by atoms with Crippen molar-refractivity contribution in [3.8, 4) is 5.75 Å². The van der Waals surface area contributed by atoms with E-state index in [9.17, 15) is 24.6 Å². The fraction of sp³-hybridized carbons (Fsp3) is 0.312. The van der Waals surface area contributed by atoms with Crippen LogP contribution in [0.25, 0.3) is 10.9 Å². The molecule has 5 rings (SSSR count). The van der Waals surface area contributed by atoms with Gasteiger partial charge in [0, 0.05) is 34.9 Å². The Morgan fingerprint density at radius 3 is 2.67 bits per heavy atom. The summed E-state index contributed by atoms with van der Waals surface area (Å²) < 4.78 is 16.9. The van der Waals surface area contributed by atoms with Crippen LogP contribution in [0.15, 0.2) is 64.6 Å². The van der Waals surface area contributed by atoms with Crippen molar-refractivity contribution in [1.82, 2.24) is 14.7 Å². The van der Waals surface area contributed by atoms with Crippen LogP contribution in [0.1, 0.15) is 35.7 Å². The molecule has 43 heavy (non-hydrogen) atoms. The molecule has 10 nitrogen and oxygen atoms in total. The summed E-state index contributed by atoms with van der Waals surface area (Å²) in [7, 11) is 3.42. The number of aromatic hydroxyl groups is 1. The molecule has 0 saturated heterocycles. The topological polar surface area (TPSA) is 151 Å². The normalized spacial score (nSPS) is 18.8. The third-order valence-corrected chi connectivity index (χ3v) is 8.22. The number of carbonyl (C=O) groups excluding carboxylic acids is 3. The molecule has 0 radical (unpaired) electrons. The molecule has 2 atom stereocenters. The Kier molecular flexibility index (Phi) is 7.94. The lowest BCUT2D eigenvalue weighted by Gasteiger charge is -2.39. The number of phenolic OH excluding ortho intramolecular Hbond substituents is 1. The number of anilines is 1. The number of ketones is 1. The molecule has 1 aromatic heterocycles. The number of primary amides is 1. The number of amides is 2. The molecule has 224 valence electrons. The lowest BCUT2D eigenvalue weighted by molar-refractivity contribution is -0.117. The number of aliphatic hydroxyl groups is 1. The van der Waals surface area contributed by atoms with Crippen LogP contribution in [0.2, 0.25) is 0 Å². The number of nitrogens with one attached hydrogen (secondary N) is 1. The highest BCUT2D eigenvalue weighted by molar-refractivity contribution is 6.15. The molecule has 2 aromatic carbocycles. The fourth-order valence-electron chi connectivity index (χ4n) is 6.28. The molecule has 0 aliphatic heterocycles. The van der Waals surface area contributed by atoms with Crippen molar-refractivity contribution < 1.29 is 29.0 Å². The Labute approximate surface area is 248 Å². The van der Waals surface area contributed by atoms with Gasteiger partial charge in [0.1, 0.15) is 12.4 Å². The van der Waals surface area contributed by atoms with E-state index in [2.05, 4.69) is 10.4 Å². The third-order valence-electron chi connectivity index (χ3n) is 8.22. The van der Waals surface area contributed by atoms with Crippen LogP contribution in [0.5, 0.6) is 5.75 Å². The fourth-order valence-corrected chi connectivity index (χ4v) is 6.28. The number of phenols is 1. The second-order valence-electron chi connectivity index (χ2n) is 11.4. The molecule has 0 spiro atoms. The molecule has 5 N–H and O–H groups in total. The van der Waals surface area contributed by atoms with Crippen LogP contribution in [0.3, 0.4) is 0 Å². The lowest BCUT2D eigenvalue weighted by Crippen LogP contribution is -2.33. The number of aromatic nitrogens is 2. The van der Waals surface area contributed by atoms with Crippen LogP contribution in [-0.4, -0.2) is 63.1 Å². The third kappa shape index (κ3) is 5.43. The molecule has 0 saturated carbocycles. The number of allylic oxidation sites excluding steroid dienone is 2. The number of hydrogen-bond donors (Lipinski definition) is 4. The largest absolute Gasteiger partial charge is 0.529 e. The van der Waals surface area contributed by atoms with Gasteiger partial charge in [-0.05, 0) is 58.2 Å². The number of aliphatic hydroxyl groups excluding tert-OH is 1. The number of carbonyl (C=O) groups is 3. The number of benzene rings is 2. The zero-order valence-corrected chi connectivity index (χ0v) is 24.1. The smallest absolute Gasteiger partial charge is 0.246 e. The zero-order valence-electron chi connectivity index (χ0n) is 24.1. The highest BCUT2D eigenvalue weighted by Gasteiger charge is 2.40. The minimum Gasteiger partial charge on any atom is -0.529 e. The van der Waals surface area contributed by atoms with Gasteiger partial charge in [0.05, 0.1) is 23.0 Å². The van der Waals surface area contributed by atoms with Crippen LogP contribution >= 0.6 is 0 Å². The average molecular weight is 587 g/mol. The first-order chi connectivity index (χ1) is 20.4. The molecule has 0 fully saturated rings.